The molecule has 0 aliphatic carbocycles. The third kappa shape index (κ3) is 5.29. The third-order valence-corrected chi connectivity index (χ3v) is 5.96. The first kappa shape index (κ1) is 22.3. The van der Waals surface area contributed by atoms with Gasteiger partial charge in [0, 0.05) is 37.3 Å². The van der Waals surface area contributed by atoms with Gasteiger partial charge in [0.2, 0.25) is 5.91 Å². The Morgan fingerprint density at radius 2 is 1.81 bits per heavy atom. The van der Waals surface area contributed by atoms with Crippen molar-refractivity contribution in [2.45, 2.75) is 71.4 Å². The Kier molecular flexibility index (Phi) is 6.48. The highest BCUT2D eigenvalue weighted by Gasteiger charge is 2.31. The Balaban J connectivity index is 1.38. The van der Waals surface area contributed by atoms with E-state index in [9.17, 15) is 9.59 Å². The van der Waals surface area contributed by atoms with Crippen LogP contribution in [-0.4, -0.2) is 50.4 Å². The smallest absolute Gasteiger partial charge is 0.410 e. The van der Waals surface area contributed by atoms with E-state index >= 15 is 0 Å². The van der Waals surface area contributed by atoms with Crippen molar-refractivity contribution in [2.24, 2.45) is 5.92 Å². The first-order valence-corrected chi connectivity index (χ1v) is 11.6. The molecule has 0 radical (unpaired) electrons. The van der Waals surface area contributed by atoms with E-state index in [1.807, 2.05) is 45.0 Å². The van der Waals surface area contributed by atoms with Crippen molar-refractivity contribution in [1.29, 1.82) is 0 Å². The van der Waals surface area contributed by atoms with Crippen LogP contribution in [0.4, 0.5) is 10.5 Å². The lowest BCUT2D eigenvalue weighted by molar-refractivity contribution is -0.121. The van der Waals surface area contributed by atoms with Gasteiger partial charge in [-0.3, -0.25) is 4.79 Å². The molecule has 1 aromatic carbocycles. The second-order valence-corrected chi connectivity index (χ2v) is 9.73. The number of carbonyl (C=O) groups excluding carboxylic acids is 2. The maximum absolute atomic E-state index is 12.8. The van der Waals surface area contributed by atoms with Crippen LogP contribution in [0.5, 0.6) is 0 Å². The summed E-state index contributed by atoms with van der Waals surface area (Å²) < 4.78 is 7.68. The van der Waals surface area contributed by atoms with Crippen molar-refractivity contribution >= 4 is 17.7 Å². The number of nitrogens with zero attached hydrogens (tertiary/aromatic N) is 4. The molecule has 1 fully saturated rings. The molecule has 2 aliphatic heterocycles. The van der Waals surface area contributed by atoms with E-state index in [0.29, 0.717) is 13.1 Å². The fourth-order valence-electron chi connectivity index (χ4n) is 4.33. The van der Waals surface area contributed by atoms with Gasteiger partial charge in [0.25, 0.3) is 0 Å². The van der Waals surface area contributed by atoms with Crippen LogP contribution in [0, 0.1) is 5.92 Å². The number of aryl methyl sites for hydroxylation is 1. The highest BCUT2D eigenvalue weighted by atomic mass is 16.6. The minimum absolute atomic E-state index is 0.0673. The van der Waals surface area contributed by atoms with E-state index in [2.05, 4.69) is 20.1 Å². The molecule has 4 rings (SSSR count). The van der Waals surface area contributed by atoms with E-state index in [0.717, 1.165) is 61.5 Å². The number of anilines is 1. The van der Waals surface area contributed by atoms with Gasteiger partial charge in [0.15, 0.2) is 5.82 Å². The SMILES string of the molecule is CC(C)(C)OC(=O)N1CCC[C@H](C(=O)Nc2ccc(-c3nnc4n3CCCCC4)cc2)C1. The van der Waals surface area contributed by atoms with Gasteiger partial charge in [-0.15, -0.1) is 10.2 Å². The molecule has 8 heteroatoms. The Morgan fingerprint density at radius 1 is 1.03 bits per heavy atom. The number of fused-ring (bicyclic) bond motifs is 1. The highest BCUT2D eigenvalue weighted by Crippen LogP contribution is 2.25. The van der Waals surface area contributed by atoms with Crippen molar-refractivity contribution in [3.8, 4) is 11.4 Å². The Labute approximate surface area is 189 Å². The topological polar surface area (TPSA) is 89.3 Å². The molecule has 3 heterocycles. The summed E-state index contributed by atoms with van der Waals surface area (Å²) in [6, 6.07) is 7.76. The summed E-state index contributed by atoms with van der Waals surface area (Å²) in [5.41, 5.74) is 1.19. The van der Waals surface area contributed by atoms with Crippen LogP contribution >= 0.6 is 0 Å². The second-order valence-electron chi connectivity index (χ2n) is 9.73. The van der Waals surface area contributed by atoms with E-state index in [-0.39, 0.29) is 17.9 Å². The number of aromatic nitrogens is 3. The minimum Gasteiger partial charge on any atom is -0.444 e. The quantitative estimate of drug-likeness (QED) is 0.772. The van der Waals surface area contributed by atoms with E-state index < -0.39 is 5.60 Å². The zero-order valence-electron chi connectivity index (χ0n) is 19.3. The van der Waals surface area contributed by atoms with Gasteiger partial charge < -0.3 is 19.5 Å². The largest absolute Gasteiger partial charge is 0.444 e. The van der Waals surface area contributed by atoms with Gasteiger partial charge >= 0.3 is 6.09 Å². The molecule has 2 aromatic rings. The van der Waals surface area contributed by atoms with Crippen molar-refractivity contribution in [3.05, 3.63) is 30.1 Å². The molecular weight excluding hydrogens is 406 g/mol. The van der Waals surface area contributed by atoms with Crippen LogP contribution in [0.25, 0.3) is 11.4 Å². The molecule has 1 saturated heterocycles. The van der Waals surface area contributed by atoms with Crippen LogP contribution in [-0.2, 0) is 22.5 Å². The zero-order chi connectivity index (χ0) is 22.7. The summed E-state index contributed by atoms with van der Waals surface area (Å²) in [4.78, 5) is 26.9. The lowest BCUT2D eigenvalue weighted by atomic mass is 9.97. The second kappa shape index (κ2) is 9.30. The molecule has 2 amide bonds. The van der Waals surface area contributed by atoms with Gasteiger partial charge in [-0.05, 0) is 70.7 Å². The third-order valence-electron chi connectivity index (χ3n) is 5.96. The normalized spacial score (nSPS) is 19.1. The average Bonchev–Trinajstić information content (AvgIpc) is 3.01. The molecule has 0 spiro atoms. The maximum Gasteiger partial charge on any atom is 0.410 e. The average molecular weight is 440 g/mol. The minimum atomic E-state index is -0.545. The lowest BCUT2D eigenvalue weighted by Crippen LogP contribution is -2.45. The number of amides is 2. The first-order valence-electron chi connectivity index (χ1n) is 11.6. The maximum atomic E-state index is 12.8. The van der Waals surface area contributed by atoms with Crippen molar-refractivity contribution in [3.63, 3.8) is 0 Å². The molecule has 1 N–H and O–H groups in total. The monoisotopic (exact) mass is 439 g/mol. The van der Waals surface area contributed by atoms with Gasteiger partial charge in [0.1, 0.15) is 11.4 Å². The predicted molar refractivity (Wildman–Crippen MR) is 122 cm³/mol. The Morgan fingerprint density at radius 3 is 2.56 bits per heavy atom. The summed E-state index contributed by atoms with van der Waals surface area (Å²) in [5, 5.41) is 11.8. The number of nitrogens with one attached hydrogen (secondary N) is 1. The van der Waals surface area contributed by atoms with Crippen LogP contribution in [0.15, 0.2) is 24.3 Å². The molecule has 1 atom stereocenters. The number of rotatable bonds is 3. The van der Waals surface area contributed by atoms with Crippen molar-refractivity contribution in [1.82, 2.24) is 19.7 Å². The number of hydrogen-bond donors (Lipinski definition) is 1. The van der Waals surface area contributed by atoms with Crippen LogP contribution in [0.3, 0.4) is 0 Å². The number of carbonyl (C=O) groups is 2. The predicted octanol–water partition coefficient (Wildman–Crippen LogP) is 4.26. The van der Waals surface area contributed by atoms with Gasteiger partial charge in [0.05, 0.1) is 5.92 Å². The van der Waals surface area contributed by atoms with Crippen molar-refractivity contribution in [2.75, 3.05) is 18.4 Å². The fraction of sp³-hybridized carbons (Fsp3) is 0.583. The molecule has 0 bridgehead atoms. The number of benzene rings is 1. The summed E-state index contributed by atoms with van der Waals surface area (Å²) in [6.07, 6.45) is 5.70. The standard InChI is InChI=1S/C24H33N5O3/c1-24(2,3)32-23(31)28-14-7-8-18(16-28)22(30)25-19-12-10-17(11-13-19)21-27-26-20-9-5-4-6-15-29(20)21/h10-13,18H,4-9,14-16H2,1-3H3,(H,25,30)/t18-/m0/s1. The number of ether oxygens (including phenoxy) is 1. The molecule has 0 unspecified atom stereocenters. The number of hydrogen-bond acceptors (Lipinski definition) is 5. The molecule has 32 heavy (non-hydrogen) atoms. The van der Waals surface area contributed by atoms with E-state index in [1.54, 1.807) is 4.90 Å². The summed E-state index contributed by atoms with van der Waals surface area (Å²) in [6.45, 7) is 7.49. The van der Waals surface area contributed by atoms with E-state index in [4.69, 9.17) is 4.74 Å². The molecule has 8 nitrogen and oxygen atoms in total. The van der Waals surface area contributed by atoms with Gasteiger partial charge in [-0.1, -0.05) is 6.42 Å². The van der Waals surface area contributed by atoms with Gasteiger partial charge in [-0.25, -0.2) is 4.79 Å². The summed E-state index contributed by atoms with van der Waals surface area (Å²) >= 11 is 0. The molecule has 1 aromatic heterocycles. The zero-order valence-corrected chi connectivity index (χ0v) is 19.3. The fourth-order valence-corrected chi connectivity index (χ4v) is 4.33. The first-order chi connectivity index (χ1) is 15.3. The van der Waals surface area contributed by atoms with Gasteiger partial charge in [-0.2, -0.15) is 0 Å². The molecule has 2 aliphatic rings. The number of piperidine rings is 1. The number of likely N-dealkylation sites (tertiary alicyclic amines) is 1. The van der Waals surface area contributed by atoms with Crippen LogP contribution < -0.4 is 5.32 Å². The van der Waals surface area contributed by atoms with Crippen LogP contribution in [0.1, 0.15) is 58.7 Å². The van der Waals surface area contributed by atoms with E-state index in [1.165, 1.54) is 6.42 Å². The Bertz CT molecular complexity index is 961. The Hall–Kier alpha value is -2.90. The summed E-state index contributed by atoms with van der Waals surface area (Å²) in [5.74, 6) is 1.63. The molecule has 0 saturated carbocycles. The van der Waals surface area contributed by atoms with Crippen molar-refractivity contribution < 1.29 is 14.3 Å². The lowest BCUT2D eigenvalue weighted by Gasteiger charge is -2.33. The van der Waals surface area contributed by atoms with Crippen LogP contribution in [0.2, 0.25) is 0 Å². The molecule has 172 valence electrons. The highest BCUT2D eigenvalue weighted by molar-refractivity contribution is 5.93. The summed E-state index contributed by atoms with van der Waals surface area (Å²) in [7, 11) is 0. The molecular formula is C24H33N5O3.